The molecule has 17 heavy (non-hydrogen) atoms. The highest BCUT2D eigenvalue weighted by Crippen LogP contribution is 2.19. The zero-order chi connectivity index (χ0) is 12.3. The van der Waals surface area contributed by atoms with E-state index in [2.05, 4.69) is 5.32 Å². The minimum Gasteiger partial charge on any atom is -0.494 e. The first kappa shape index (κ1) is 11.1. The van der Waals surface area contributed by atoms with E-state index in [1.54, 1.807) is 0 Å². The Balaban J connectivity index is 2.26. The number of benzene rings is 1. The van der Waals surface area contributed by atoms with Gasteiger partial charge in [-0.1, -0.05) is 18.2 Å². The van der Waals surface area contributed by atoms with Gasteiger partial charge >= 0.3 is 0 Å². The molecule has 4 nitrogen and oxygen atoms in total. The maximum Gasteiger partial charge on any atom is 0.229 e. The van der Waals surface area contributed by atoms with Gasteiger partial charge in [0.15, 0.2) is 0 Å². The van der Waals surface area contributed by atoms with E-state index in [-0.39, 0.29) is 0 Å². The van der Waals surface area contributed by atoms with E-state index in [0.717, 1.165) is 5.69 Å². The number of hydrogen-bond donors (Lipinski definition) is 1. The SMILES string of the molecule is COC1=CC(=O)C(=O)C=C1Nc1ccccc1. The fourth-order valence-electron chi connectivity index (χ4n) is 1.48. The lowest BCUT2D eigenvalue weighted by Gasteiger charge is -2.15. The summed E-state index contributed by atoms with van der Waals surface area (Å²) in [5, 5.41) is 3.03. The zero-order valence-corrected chi connectivity index (χ0v) is 9.27. The van der Waals surface area contributed by atoms with E-state index in [0.29, 0.717) is 11.5 Å². The van der Waals surface area contributed by atoms with Crippen molar-refractivity contribution in [1.29, 1.82) is 0 Å². The van der Waals surface area contributed by atoms with Gasteiger partial charge in [-0.25, -0.2) is 0 Å². The van der Waals surface area contributed by atoms with Gasteiger partial charge in [0, 0.05) is 17.8 Å². The molecule has 0 amide bonds. The van der Waals surface area contributed by atoms with E-state index >= 15 is 0 Å². The van der Waals surface area contributed by atoms with Crippen molar-refractivity contribution in [2.75, 3.05) is 12.4 Å². The summed E-state index contributed by atoms with van der Waals surface area (Å²) < 4.78 is 5.05. The third kappa shape index (κ3) is 2.42. The second-order valence-electron chi connectivity index (χ2n) is 3.49. The van der Waals surface area contributed by atoms with Crippen LogP contribution in [-0.2, 0) is 14.3 Å². The normalized spacial score (nSPS) is 15.1. The van der Waals surface area contributed by atoms with Crippen molar-refractivity contribution >= 4 is 17.3 Å². The number of anilines is 1. The molecule has 1 aromatic carbocycles. The van der Waals surface area contributed by atoms with Gasteiger partial charge in [-0.2, -0.15) is 0 Å². The van der Waals surface area contributed by atoms with E-state index in [4.69, 9.17) is 4.74 Å². The highest BCUT2D eigenvalue weighted by Gasteiger charge is 2.20. The number of hydrogen-bond acceptors (Lipinski definition) is 4. The average molecular weight is 229 g/mol. The first-order valence-electron chi connectivity index (χ1n) is 5.09. The molecule has 0 fully saturated rings. The fourth-order valence-corrected chi connectivity index (χ4v) is 1.48. The third-order valence-electron chi connectivity index (χ3n) is 2.32. The van der Waals surface area contributed by atoms with E-state index in [1.807, 2.05) is 30.3 Å². The van der Waals surface area contributed by atoms with Crippen LogP contribution in [0.15, 0.2) is 53.9 Å². The first-order valence-corrected chi connectivity index (χ1v) is 5.09. The number of methoxy groups -OCH3 is 1. The molecule has 4 heteroatoms. The van der Waals surface area contributed by atoms with E-state index < -0.39 is 11.6 Å². The number of carbonyl (C=O) groups is 2. The molecule has 1 aliphatic rings. The van der Waals surface area contributed by atoms with Crippen LogP contribution in [0.25, 0.3) is 0 Å². The van der Waals surface area contributed by atoms with Crippen LogP contribution in [0.1, 0.15) is 0 Å². The summed E-state index contributed by atoms with van der Waals surface area (Å²) in [6.45, 7) is 0. The smallest absolute Gasteiger partial charge is 0.229 e. The molecule has 0 spiro atoms. The predicted octanol–water partition coefficient (Wildman–Crippen LogP) is 1.66. The minimum absolute atomic E-state index is 0.360. The van der Waals surface area contributed by atoms with E-state index in [1.165, 1.54) is 19.3 Å². The number of rotatable bonds is 3. The Morgan fingerprint density at radius 2 is 1.65 bits per heavy atom. The number of ether oxygens (including phenoxy) is 1. The lowest BCUT2D eigenvalue weighted by molar-refractivity contribution is -0.131. The Bertz CT molecular complexity index is 515. The number of para-hydroxylation sites is 1. The van der Waals surface area contributed by atoms with Gasteiger partial charge in [-0.05, 0) is 12.1 Å². The molecule has 0 saturated carbocycles. The lowest BCUT2D eigenvalue weighted by atomic mass is 10.1. The van der Waals surface area contributed by atoms with Crippen molar-refractivity contribution in [3.05, 3.63) is 53.9 Å². The van der Waals surface area contributed by atoms with Crippen LogP contribution in [0.5, 0.6) is 0 Å². The van der Waals surface area contributed by atoms with Crippen LogP contribution < -0.4 is 5.32 Å². The topological polar surface area (TPSA) is 55.4 Å². The molecule has 0 saturated heterocycles. The molecule has 0 aliphatic heterocycles. The highest BCUT2D eigenvalue weighted by atomic mass is 16.5. The molecule has 1 aliphatic carbocycles. The summed E-state index contributed by atoms with van der Waals surface area (Å²) in [7, 11) is 1.45. The molecule has 0 heterocycles. The quantitative estimate of drug-likeness (QED) is 0.632. The Morgan fingerprint density at radius 1 is 1.00 bits per heavy atom. The predicted molar refractivity (Wildman–Crippen MR) is 63.3 cm³/mol. The Hall–Kier alpha value is -2.36. The Labute approximate surface area is 98.6 Å². The number of carbonyl (C=O) groups excluding carboxylic acids is 2. The van der Waals surface area contributed by atoms with Crippen LogP contribution in [0.2, 0.25) is 0 Å². The summed E-state index contributed by atoms with van der Waals surface area (Å²) in [5.74, 6) is -0.761. The molecular formula is C13H11NO3. The maximum absolute atomic E-state index is 11.3. The summed E-state index contributed by atoms with van der Waals surface area (Å²) >= 11 is 0. The largest absolute Gasteiger partial charge is 0.494 e. The highest BCUT2D eigenvalue weighted by molar-refractivity contribution is 6.46. The van der Waals surface area contributed by atoms with Crippen LogP contribution in [0.4, 0.5) is 5.69 Å². The van der Waals surface area contributed by atoms with E-state index in [9.17, 15) is 9.59 Å². The van der Waals surface area contributed by atoms with Crippen molar-refractivity contribution in [2.45, 2.75) is 0 Å². The summed E-state index contributed by atoms with van der Waals surface area (Å²) in [6.07, 6.45) is 2.43. The first-order chi connectivity index (χ1) is 8.20. The summed E-state index contributed by atoms with van der Waals surface area (Å²) in [5.41, 5.74) is 1.31. The van der Waals surface area contributed by atoms with Gasteiger partial charge in [-0.3, -0.25) is 9.59 Å². The molecule has 0 bridgehead atoms. The Kier molecular flexibility index (Phi) is 3.05. The number of ketones is 2. The van der Waals surface area contributed by atoms with Gasteiger partial charge in [0.05, 0.1) is 12.8 Å². The van der Waals surface area contributed by atoms with Crippen LogP contribution in [0.3, 0.4) is 0 Å². The van der Waals surface area contributed by atoms with Crippen molar-refractivity contribution < 1.29 is 14.3 Å². The van der Waals surface area contributed by atoms with Crippen LogP contribution >= 0.6 is 0 Å². The van der Waals surface area contributed by atoms with Crippen molar-refractivity contribution in [2.24, 2.45) is 0 Å². The minimum atomic E-state index is -0.569. The second kappa shape index (κ2) is 4.65. The lowest BCUT2D eigenvalue weighted by Crippen LogP contribution is -2.19. The van der Waals surface area contributed by atoms with Gasteiger partial charge < -0.3 is 10.1 Å². The summed E-state index contributed by atoms with van der Waals surface area (Å²) in [6, 6.07) is 9.34. The summed E-state index contributed by atoms with van der Waals surface area (Å²) in [4.78, 5) is 22.5. The number of nitrogens with one attached hydrogen (secondary N) is 1. The average Bonchev–Trinajstić information content (AvgIpc) is 2.35. The van der Waals surface area contributed by atoms with Gasteiger partial charge in [0.2, 0.25) is 11.6 Å². The molecule has 0 radical (unpaired) electrons. The Morgan fingerprint density at radius 3 is 2.29 bits per heavy atom. The molecule has 0 aromatic heterocycles. The van der Waals surface area contributed by atoms with Crippen LogP contribution in [0, 0.1) is 0 Å². The van der Waals surface area contributed by atoms with Gasteiger partial charge in [-0.15, -0.1) is 0 Å². The molecule has 86 valence electrons. The van der Waals surface area contributed by atoms with Gasteiger partial charge in [0.25, 0.3) is 0 Å². The molecule has 1 aromatic rings. The standard InChI is InChI=1S/C13H11NO3/c1-17-13-8-12(16)11(15)7-10(13)14-9-5-3-2-4-6-9/h2-8,14H,1H3. The molecular weight excluding hydrogens is 218 g/mol. The third-order valence-corrected chi connectivity index (χ3v) is 2.32. The van der Waals surface area contributed by atoms with Crippen molar-refractivity contribution in [3.8, 4) is 0 Å². The molecule has 0 unspecified atom stereocenters. The molecule has 2 rings (SSSR count). The van der Waals surface area contributed by atoms with Crippen molar-refractivity contribution in [1.82, 2.24) is 0 Å². The van der Waals surface area contributed by atoms with Gasteiger partial charge in [0.1, 0.15) is 5.76 Å². The number of allylic oxidation sites excluding steroid dienone is 2. The van der Waals surface area contributed by atoms with Crippen LogP contribution in [-0.4, -0.2) is 18.7 Å². The van der Waals surface area contributed by atoms with Crippen molar-refractivity contribution in [3.63, 3.8) is 0 Å². The molecule has 0 atom stereocenters. The monoisotopic (exact) mass is 229 g/mol. The second-order valence-corrected chi connectivity index (χ2v) is 3.49. The fraction of sp³-hybridized carbons (Fsp3) is 0.0769. The zero-order valence-electron chi connectivity index (χ0n) is 9.27. The molecule has 1 N–H and O–H groups in total. The maximum atomic E-state index is 11.3.